The highest BCUT2D eigenvalue weighted by Gasteiger charge is 2.20. The van der Waals surface area contributed by atoms with Crippen molar-refractivity contribution >= 4 is 10.0 Å². The first-order valence-corrected chi connectivity index (χ1v) is 6.56. The average Bonchev–Trinajstić information content (AvgIpc) is 2.26. The van der Waals surface area contributed by atoms with Crippen LogP contribution in [0.15, 0.2) is 23.4 Å². The number of aromatic nitrogens is 1. The van der Waals surface area contributed by atoms with Gasteiger partial charge in [-0.25, -0.2) is 22.5 Å². The number of hydrogen-bond acceptors (Lipinski definition) is 3. The minimum Gasteiger partial charge on any atom is -0.241 e. The standard InChI is InChI=1S/C10H15FN2O2S/c1-3-8(2)7-13-16(14,15)10-9(11)5-4-6-12-10/h4-6,8,13H,3,7H2,1-2H3. The molecule has 0 saturated carbocycles. The summed E-state index contributed by atoms with van der Waals surface area (Å²) in [6.07, 6.45) is 2.11. The molecule has 1 heterocycles. The topological polar surface area (TPSA) is 59.1 Å². The van der Waals surface area contributed by atoms with Gasteiger partial charge in [0.25, 0.3) is 10.0 Å². The van der Waals surface area contributed by atoms with Crippen molar-refractivity contribution in [2.75, 3.05) is 6.54 Å². The summed E-state index contributed by atoms with van der Waals surface area (Å²) in [6.45, 7) is 4.16. The summed E-state index contributed by atoms with van der Waals surface area (Å²) in [4.78, 5) is 3.53. The lowest BCUT2D eigenvalue weighted by Crippen LogP contribution is -2.29. The molecule has 1 aromatic rings. The number of pyridine rings is 1. The van der Waals surface area contributed by atoms with E-state index in [1.165, 1.54) is 12.3 Å². The second kappa shape index (κ2) is 5.36. The third-order valence-electron chi connectivity index (χ3n) is 2.30. The highest BCUT2D eigenvalue weighted by molar-refractivity contribution is 7.89. The van der Waals surface area contributed by atoms with E-state index in [0.29, 0.717) is 0 Å². The second-order valence-electron chi connectivity index (χ2n) is 3.66. The van der Waals surface area contributed by atoms with E-state index in [9.17, 15) is 12.8 Å². The van der Waals surface area contributed by atoms with Gasteiger partial charge in [0, 0.05) is 12.7 Å². The highest BCUT2D eigenvalue weighted by Crippen LogP contribution is 2.10. The zero-order valence-electron chi connectivity index (χ0n) is 9.27. The summed E-state index contributed by atoms with van der Waals surface area (Å²) in [5.74, 6) is -0.624. The second-order valence-corrected chi connectivity index (χ2v) is 5.34. The first-order chi connectivity index (χ1) is 7.47. The van der Waals surface area contributed by atoms with Crippen LogP contribution in [0.3, 0.4) is 0 Å². The summed E-state index contributed by atoms with van der Waals surface area (Å²) < 4.78 is 38.9. The van der Waals surface area contributed by atoms with Gasteiger partial charge in [-0.3, -0.25) is 0 Å². The van der Waals surface area contributed by atoms with E-state index in [4.69, 9.17) is 0 Å². The Bertz CT molecular complexity index is 448. The smallest absolute Gasteiger partial charge is 0.241 e. The molecule has 0 amide bonds. The van der Waals surface area contributed by atoms with Gasteiger partial charge in [0.15, 0.2) is 5.82 Å². The molecule has 0 aromatic carbocycles. The van der Waals surface area contributed by atoms with Crippen LogP contribution in [0.2, 0.25) is 0 Å². The van der Waals surface area contributed by atoms with Gasteiger partial charge in [-0.05, 0) is 18.1 Å². The summed E-state index contributed by atoms with van der Waals surface area (Å²) in [5.41, 5.74) is 0. The fourth-order valence-corrected chi connectivity index (χ4v) is 2.20. The molecular weight excluding hydrogens is 231 g/mol. The van der Waals surface area contributed by atoms with Crippen molar-refractivity contribution in [1.29, 1.82) is 0 Å². The van der Waals surface area contributed by atoms with Gasteiger partial charge in [-0.2, -0.15) is 0 Å². The first-order valence-electron chi connectivity index (χ1n) is 5.07. The Morgan fingerprint density at radius 2 is 2.25 bits per heavy atom. The van der Waals surface area contributed by atoms with Crippen molar-refractivity contribution in [3.05, 3.63) is 24.1 Å². The molecule has 1 aromatic heterocycles. The molecule has 1 rings (SSSR count). The van der Waals surface area contributed by atoms with E-state index >= 15 is 0 Å². The lowest BCUT2D eigenvalue weighted by atomic mass is 10.1. The Kier molecular flexibility index (Phi) is 4.37. The minimum atomic E-state index is -3.83. The largest absolute Gasteiger partial charge is 0.261 e. The number of rotatable bonds is 5. The predicted octanol–water partition coefficient (Wildman–Crippen LogP) is 1.55. The third kappa shape index (κ3) is 3.24. The normalized spacial score (nSPS) is 13.7. The van der Waals surface area contributed by atoms with E-state index in [-0.39, 0.29) is 12.5 Å². The van der Waals surface area contributed by atoms with Gasteiger partial charge in [0.1, 0.15) is 0 Å². The van der Waals surface area contributed by atoms with Crippen LogP contribution >= 0.6 is 0 Å². The number of halogens is 1. The van der Waals surface area contributed by atoms with E-state index in [1.807, 2.05) is 13.8 Å². The van der Waals surface area contributed by atoms with Crippen LogP contribution < -0.4 is 4.72 Å². The lowest BCUT2D eigenvalue weighted by molar-refractivity contribution is 0.515. The van der Waals surface area contributed by atoms with Crippen LogP contribution in [0.4, 0.5) is 4.39 Å². The molecule has 0 aliphatic rings. The molecule has 16 heavy (non-hydrogen) atoms. The Hall–Kier alpha value is -1.01. The minimum absolute atomic E-state index is 0.210. The van der Waals surface area contributed by atoms with Crippen LogP contribution in [-0.4, -0.2) is 19.9 Å². The van der Waals surface area contributed by atoms with Gasteiger partial charge in [0.2, 0.25) is 5.03 Å². The van der Waals surface area contributed by atoms with Crippen LogP contribution in [-0.2, 0) is 10.0 Å². The molecule has 1 N–H and O–H groups in total. The van der Waals surface area contributed by atoms with Crippen molar-refractivity contribution in [2.24, 2.45) is 5.92 Å². The summed E-state index contributed by atoms with van der Waals surface area (Å²) in [5, 5.41) is -0.543. The molecule has 0 saturated heterocycles. The average molecular weight is 246 g/mol. The molecule has 6 heteroatoms. The Morgan fingerprint density at radius 3 is 2.81 bits per heavy atom. The van der Waals surface area contributed by atoms with Crippen molar-refractivity contribution < 1.29 is 12.8 Å². The van der Waals surface area contributed by atoms with Crippen molar-refractivity contribution in [3.63, 3.8) is 0 Å². The van der Waals surface area contributed by atoms with E-state index in [0.717, 1.165) is 12.5 Å². The molecular formula is C10H15FN2O2S. The van der Waals surface area contributed by atoms with E-state index < -0.39 is 20.9 Å². The SMILES string of the molecule is CCC(C)CNS(=O)(=O)c1ncccc1F. The van der Waals surface area contributed by atoms with E-state index in [2.05, 4.69) is 9.71 Å². The van der Waals surface area contributed by atoms with Crippen LogP contribution in [0.1, 0.15) is 20.3 Å². The molecule has 0 aliphatic heterocycles. The molecule has 0 radical (unpaired) electrons. The number of nitrogens with zero attached hydrogens (tertiary/aromatic N) is 1. The van der Waals surface area contributed by atoms with Gasteiger partial charge >= 0.3 is 0 Å². The van der Waals surface area contributed by atoms with Crippen molar-refractivity contribution in [2.45, 2.75) is 25.3 Å². The maximum absolute atomic E-state index is 13.2. The van der Waals surface area contributed by atoms with Crippen LogP contribution in [0.25, 0.3) is 0 Å². The molecule has 1 atom stereocenters. The van der Waals surface area contributed by atoms with Crippen LogP contribution in [0, 0.1) is 11.7 Å². The van der Waals surface area contributed by atoms with E-state index in [1.54, 1.807) is 0 Å². The van der Waals surface area contributed by atoms with Gasteiger partial charge in [0.05, 0.1) is 0 Å². The Labute approximate surface area is 95.0 Å². The predicted molar refractivity (Wildman–Crippen MR) is 58.8 cm³/mol. The number of sulfonamides is 1. The fourth-order valence-electron chi connectivity index (χ4n) is 1.03. The van der Waals surface area contributed by atoms with Gasteiger partial charge in [-0.1, -0.05) is 20.3 Å². The summed E-state index contributed by atoms with van der Waals surface area (Å²) in [6, 6.07) is 2.42. The number of hydrogen-bond donors (Lipinski definition) is 1. The third-order valence-corrected chi connectivity index (χ3v) is 3.65. The molecule has 4 nitrogen and oxygen atoms in total. The zero-order valence-corrected chi connectivity index (χ0v) is 10.1. The van der Waals surface area contributed by atoms with Gasteiger partial charge < -0.3 is 0 Å². The monoisotopic (exact) mass is 246 g/mol. The lowest BCUT2D eigenvalue weighted by Gasteiger charge is -2.10. The number of nitrogens with one attached hydrogen (secondary N) is 1. The first kappa shape index (κ1) is 13.1. The maximum Gasteiger partial charge on any atom is 0.261 e. The van der Waals surface area contributed by atoms with Crippen molar-refractivity contribution in [3.8, 4) is 0 Å². The Balaban J connectivity index is 2.83. The zero-order chi connectivity index (χ0) is 12.2. The highest BCUT2D eigenvalue weighted by atomic mass is 32.2. The quantitative estimate of drug-likeness (QED) is 0.857. The molecule has 0 fully saturated rings. The molecule has 1 unspecified atom stereocenters. The molecule has 0 aliphatic carbocycles. The maximum atomic E-state index is 13.2. The van der Waals surface area contributed by atoms with Crippen LogP contribution in [0.5, 0.6) is 0 Å². The summed E-state index contributed by atoms with van der Waals surface area (Å²) in [7, 11) is -3.83. The molecule has 0 spiro atoms. The molecule has 0 bridgehead atoms. The van der Waals surface area contributed by atoms with Gasteiger partial charge in [-0.15, -0.1) is 0 Å². The van der Waals surface area contributed by atoms with Crippen molar-refractivity contribution in [1.82, 2.24) is 9.71 Å². The summed E-state index contributed by atoms with van der Waals surface area (Å²) >= 11 is 0. The Morgan fingerprint density at radius 1 is 1.56 bits per heavy atom. The fraction of sp³-hybridized carbons (Fsp3) is 0.500. The molecule has 90 valence electrons.